The Bertz CT molecular complexity index is 303. The molecule has 1 aromatic heterocycles. The highest BCUT2D eigenvalue weighted by Gasteiger charge is 2.09. The van der Waals surface area contributed by atoms with Crippen LogP contribution in [0.2, 0.25) is 0 Å². The van der Waals surface area contributed by atoms with Gasteiger partial charge in [0, 0.05) is 38.5 Å². The summed E-state index contributed by atoms with van der Waals surface area (Å²) in [7, 11) is 1.71. The quantitative estimate of drug-likeness (QED) is 0.741. The fourth-order valence-corrected chi connectivity index (χ4v) is 1.26. The maximum absolute atomic E-state index is 4.99. The molecule has 1 rings (SSSR count). The predicted octanol–water partition coefficient (Wildman–Crippen LogP) is 1.20. The molecular weight excluding hydrogens is 204 g/mol. The Balaban J connectivity index is 2.33. The average molecular weight is 226 g/mol. The molecule has 5 heteroatoms. The van der Waals surface area contributed by atoms with Gasteiger partial charge in [-0.2, -0.15) is 0 Å². The Labute approximate surface area is 97.2 Å². The molecule has 0 aromatic carbocycles. The van der Waals surface area contributed by atoms with E-state index in [1.54, 1.807) is 7.11 Å². The molecule has 0 bridgehead atoms. The number of ether oxygens (including phenoxy) is 1. The first-order chi connectivity index (χ1) is 7.51. The van der Waals surface area contributed by atoms with Crippen LogP contribution in [0, 0.1) is 0 Å². The molecule has 92 valence electrons. The summed E-state index contributed by atoms with van der Waals surface area (Å²) in [6, 6.07) is 0. The summed E-state index contributed by atoms with van der Waals surface area (Å²) >= 11 is 0. The van der Waals surface area contributed by atoms with Crippen LogP contribution in [-0.2, 0) is 17.8 Å². The second-order valence-corrected chi connectivity index (χ2v) is 4.92. The Hall–Kier alpha value is -0.940. The van der Waals surface area contributed by atoms with Crippen molar-refractivity contribution in [3.05, 3.63) is 11.9 Å². The summed E-state index contributed by atoms with van der Waals surface area (Å²) in [4.78, 5) is 0. The van der Waals surface area contributed by atoms with Crippen LogP contribution in [-0.4, -0.2) is 34.2 Å². The van der Waals surface area contributed by atoms with Crippen LogP contribution in [0.4, 0.5) is 0 Å². The Morgan fingerprint density at radius 3 is 2.81 bits per heavy atom. The summed E-state index contributed by atoms with van der Waals surface area (Å²) in [5.41, 5.74) is 1.09. The topological polar surface area (TPSA) is 52.0 Å². The highest BCUT2D eigenvalue weighted by Crippen LogP contribution is 2.01. The largest absolute Gasteiger partial charge is 0.385 e. The molecule has 5 nitrogen and oxygen atoms in total. The summed E-state index contributed by atoms with van der Waals surface area (Å²) in [5.74, 6) is 0. The van der Waals surface area contributed by atoms with Gasteiger partial charge in [0.2, 0.25) is 0 Å². The van der Waals surface area contributed by atoms with Crippen molar-refractivity contribution in [2.75, 3.05) is 13.7 Å². The number of hydrogen-bond acceptors (Lipinski definition) is 4. The van der Waals surface area contributed by atoms with Crippen LogP contribution >= 0.6 is 0 Å². The van der Waals surface area contributed by atoms with Gasteiger partial charge in [-0.05, 0) is 27.2 Å². The van der Waals surface area contributed by atoms with Crippen LogP contribution in [0.5, 0.6) is 0 Å². The Morgan fingerprint density at radius 2 is 2.19 bits per heavy atom. The van der Waals surface area contributed by atoms with Crippen LogP contribution in [0.15, 0.2) is 6.20 Å². The summed E-state index contributed by atoms with van der Waals surface area (Å²) in [6.07, 6.45) is 2.94. The van der Waals surface area contributed by atoms with Gasteiger partial charge in [0.15, 0.2) is 0 Å². The molecule has 1 heterocycles. The van der Waals surface area contributed by atoms with E-state index in [1.807, 2.05) is 10.9 Å². The van der Waals surface area contributed by atoms with Crippen molar-refractivity contribution in [1.82, 2.24) is 20.3 Å². The van der Waals surface area contributed by atoms with Gasteiger partial charge in [-0.1, -0.05) is 5.21 Å². The zero-order valence-corrected chi connectivity index (χ0v) is 10.7. The first kappa shape index (κ1) is 13.1. The second kappa shape index (κ2) is 5.96. The maximum Gasteiger partial charge on any atom is 0.0965 e. The molecule has 0 fully saturated rings. The van der Waals surface area contributed by atoms with Crippen LogP contribution in [0.1, 0.15) is 32.9 Å². The lowest BCUT2D eigenvalue weighted by Gasteiger charge is -2.19. The first-order valence-electron chi connectivity index (χ1n) is 5.64. The van der Waals surface area contributed by atoms with Gasteiger partial charge < -0.3 is 10.1 Å². The zero-order chi connectivity index (χ0) is 12.0. The number of nitrogens with one attached hydrogen (secondary N) is 1. The lowest BCUT2D eigenvalue weighted by atomic mass is 10.1. The number of nitrogens with zero attached hydrogens (tertiary/aromatic N) is 3. The SMILES string of the molecule is COCCCn1cc(CNC(C)(C)C)nn1. The van der Waals surface area contributed by atoms with Crippen LogP contribution in [0.3, 0.4) is 0 Å². The number of aryl methyl sites for hydroxylation is 1. The summed E-state index contributed by atoms with van der Waals surface area (Å²) in [5, 5.41) is 11.5. The number of hydrogen-bond donors (Lipinski definition) is 1. The van der Waals surface area contributed by atoms with Gasteiger partial charge in [0.25, 0.3) is 0 Å². The molecule has 0 spiro atoms. The van der Waals surface area contributed by atoms with Crippen LogP contribution in [0.25, 0.3) is 0 Å². The summed E-state index contributed by atoms with van der Waals surface area (Å²) in [6.45, 7) is 8.78. The lowest BCUT2D eigenvalue weighted by molar-refractivity contribution is 0.188. The third kappa shape index (κ3) is 5.23. The average Bonchev–Trinajstić information content (AvgIpc) is 2.62. The molecular formula is C11H22N4O. The zero-order valence-electron chi connectivity index (χ0n) is 10.7. The molecule has 0 saturated carbocycles. The van der Waals surface area contributed by atoms with E-state index < -0.39 is 0 Å². The fourth-order valence-electron chi connectivity index (χ4n) is 1.26. The van der Waals surface area contributed by atoms with Crippen LogP contribution < -0.4 is 5.32 Å². The predicted molar refractivity (Wildman–Crippen MR) is 63.1 cm³/mol. The van der Waals surface area contributed by atoms with Gasteiger partial charge in [-0.25, -0.2) is 0 Å². The fraction of sp³-hybridized carbons (Fsp3) is 0.818. The van der Waals surface area contributed by atoms with Crippen molar-refractivity contribution in [3.63, 3.8) is 0 Å². The van der Waals surface area contributed by atoms with Crippen molar-refractivity contribution >= 4 is 0 Å². The lowest BCUT2D eigenvalue weighted by Crippen LogP contribution is -2.35. The Morgan fingerprint density at radius 1 is 1.44 bits per heavy atom. The van der Waals surface area contributed by atoms with E-state index in [9.17, 15) is 0 Å². The highest BCUT2D eigenvalue weighted by molar-refractivity contribution is 4.92. The van der Waals surface area contributed by atoms with E-state index in [2.05, 4.69) is 36.4 Å². The number of methoxy groups -OCH3 is 1. The molecule has 0 aliphatic heterocycles. The van der Waals surface area contributed by atoms with Crippen molar-refractivity contribution in [2.45, 2.75) is 45.8 Å². The van der Waals surface area contributed by atoms with Crippen molar-refractivity contribution in [2.24, 2.45) is 0 Å². The van der Waals surface area contributed by atoms with E-state index in [0.717, 1.165) is 31.8 Å². The number of aromatic nitrogens is 3. The van der Waals surface area contributed by atoms with Gasteiger partial charge in [0.05, 0.1) is 5.69 Å². The van der Waals surface area contributed by atoms with Gasteiger partial charge in [-0.3, -0.25) is 4.68 Å². The molecule has 0 saturated heterocycles. The molecule has 0 unspecified atom stereocenters. The van der Waals surface area contributed by atoms with Crippen molar-refractivity contribution in [3.8, 4) is 0 Å². The van der Waals surface area contributed by atoms with Gasteiger partial charge in [0.1, 0.15) is 0 Å². The molecule has 0 atom stereocenters. The standard InChI is InChI=1S/C11H22N4O/c1-11(2,3)12-8-10-9-15(14-13-10)6-5-7-16-4/h9,12H,5-8H2,1-4H3. The molecule has 1 N–H and O–H groups in total. The maximum atomic E-state index is 4.99. The minimum absolute atomic E-state index is 0.111. The normalized spacial score (nSPS) is 12.0. The minimum atomic E-state index is 0.111. The molecule has 1 aromatic rings. The minimum Gasteiger partial charge on any atom is -0.385 e. The van der Waals surface area contributed by atoms with Gasteiger partial charge >= 0.3 is 0 Å². The van der Waals surface area contributed by atoms with Gasteiger partial charge in [-0.15, -0.1) is 5.10 Å². The molecule has 0 aliphatic rings. The smallest absolute Gasteiger partial charge is 0.0965 e. The van der Waals surface area contributed by atoms with E-state index in [0.29, 0.717) is 0 Å². The molecule has 16 heavy (non-hydrogen) atoms. The number of rotatable bonds is 6. The summed E-state index contributed by atoms with van der Waals surface area (Å²) < 4.78 is 6.85. The molecule has 0 amide bonds. The Kier molecular flexibility index (Phi) is 4.89. The van der Waals surface area contributed by atoms with E-state index >= 15 is 0 Å². The molecule has 0 radical (unpaired) electrons. The molecule has 0 aliphatic carbocycles. The second-order valence-electron chi connectivity index (χ2n) is 4.92. The van der Waals surface area contributed by atoms with E-state index in [1.165, 1.54) is 0 Å². The highest BCUT2D eigenvalue weighted by atomic mass is 16.5. The van der Waals surface area contributed by atoms with Crippen molar-refractivity contribution < 1.29 is 4.74 Å². The first-order valence-corrected chi connectivity index (χ1v) is 5.64. The third-order valence-electron chi connectivity index (χ3n) is 2.12. The van der Waals surface area contributed by atoms with E-state index in [-0.39, 0.29) is 5.54 Å². The monoisotopic (exact) mass is 226 g/mol. The third-order valence-corrected chi connectivity index (χ3v) is 2.12. The van der Waals surface area contributed by atoms with E-state index in [4.69, 9.17) is 4.74 Å². The van der Waals surface area contributed by atoms with Crippen molar-refractivity contribution in [1.29, 1.82) is 0 Å².